The Hall–Kier alpha value is -2.05. The number of hydrogen-bond donors (Lipinski definition) is 3. The summed E-state index contributed by atoms with van der Waals surface area (Å²) < 4.78 is 4.93. The Labute approximate surface area is 105 Å². The van der Waals surface area contributed by atoms with Gasteiger partial charge in [-0.1, -0.05) is 6.92 Å². The monoisotopic (exact) mass is 254 g/mol. The highest BCUT2D eigenvalue weighted by molar-refractivity contribution is 5.76. The van der Waals surface area contributed by atoms with Crippen LogP contribution in [-0.2, 0) is 4.79 Å². The van der Waals surface area contributed by atoms with Crippen LogP contribution >= 0.6 is 0 Å². The van der Waals surface area contributed by atoms with Crippen LogP contribution in [0.4, 0.5) is 5.82 Å². The summed E-state index contributed by atoms with van der Waals surface area (Å²) in [7, 11) is 1.39. The minimum Gasteiger partial charge on any atom is -0.489 e. The molecule has 3 N–H and O–H groups in total. The first-order chi connectivity index (χ1) is 8.69. The standard InChI is InChI=1S/C11H18N4O3/c1-3-5-12-8(16)4-6-13-10-9(18-2)11(17)15-7-14-10/h7H,3-6H2,1-2H3,(H,12,16)(H2,13,14,15,17). The van der Waals surface area contributed by atoms with Crippen LogP contribution in [0.1, 0.15) is 19.8 Å². The van der Waals surface area contributed by atoms with Crippen LogP contribution in [0.25, 0.3) is 0 Å². The molecule has 0 aliphatic heterocycles. The van der Waals surface area contributed by atoms with E-state index in [1.54, 1.807) is 0 Å². The predicted octanol–water partition coefficient (Wildman–Crippen LogP) is 0.107. The second-order valence-electron chi connectivity index (χ2n) is 3.64. The van der Waals surface area contributed by atoms with E-state index in [-0.39, 0.29) is 17.2 Å². The van der Waals surface area contributed by atoms with Gasteiger partial charge in [-0.25, -0.2) is 4.98 Å². The smallest absolute Gasteiger partial charge is 0.295 e. The van der Waals surface area contributed by atoms with E-state index in [1.807, 2.05) is 6.92 Å². The van der Waals surface area contributed by atoms with Gasteiger partial charge >= 0.3 is 0 Å². The summed E-state index contributed by atoms with van der Waals surface area (Å²) in [6.45, 7) is 3.05. The summed E-state index contributed by atoms with van der Waals surface area (Å²) in [5.41, 5.74) is -0.356. The van der Waals surface area contributed by atoms with Crippen molar-refractivity contribution in [3.05, 3.63) is 16.7 Å². The van der Waals surface area contributed by atoms with Crippen molar-refractivity contribution in [2.24, 2.45) is 0 Å². The van der Waals surface area contributed by atoms with Gasteiger partial charge in [-0.05, 0) is 6.42 Å². The Bertz CT molecular complexity index is 444. The van der Waals surface area contributed by atoms with Crippen LogP contribution < -0.4 is 20.9 Å². The fraction of sp³-hybridized carbons (Fsp3) is 0.545. The molecule has 1 amide bonds. The minimum absolute atomic E-state index is 0.0341. The zero-order valence-corrected chi connectivity index (χ0v) is 10.6. The average molecular weight is 254 g/mol. The number of nitrogens with zero attached hydrogens (tertiary/aromatic N) is 1. The molecule has 0 aliphatic rings. The molecule has 18 heavy (non-hydrogen) atoms. The second kappa shape index (κ2) is 7.31. The molecule has 0 spiro atoms. The quantitative estimate of drug-likeness (QED) is 0.641. The topological polar surface area (TPSA) is 96.1 Å². The third-order valence-electron chi connectivity index (χ3n) is 2.23. The molecule has 0 bridgehead atoms. The maximum atomic E-state index is 11.4. The van der Waals surface area contributed by atoms with Gasteiger partial charge in [0.25, 0.3) is 5.56 Å². The Balaban J connectivity index is 2.47. The maximum Gasteiger partial charge on any atom is 0.295 e. The molecule has 0 unspecified atom stereocenters. The third kappa shape index (κ3) is 4.08. The highest BCUT2D eigenvalue weighted by Gasteiger charge is 2.08. The summed E-state index contributed by atoms with van der Waals surface area (Å²) in [5.74, 6) is 0.421. The van der Waals surface area contributed by atoms with Crippen LogP contribution in [0.15, 0.2) is 11.1 Å². The first kappa shape index (κ1) is 14.0. The van der Waals surface area contributed by atoms with Gasteiger partial charge in [0.1, 0.15) is 0 Å². The first-order valence-corrected chi connectivity index (χ1v) is 5.81. The van der Waals surface area contributed by atoms with E-state index >= 15 is 0 Å². The number of amides is 1. The molecule has 0 saturated heterocycles. The number of methoxy groups -OCH3 is 1. The van der Waals surface area contributed by atoms with E-state index in [0.717, 1.165) is 6.42 Å². The Morgan fingerprint density at radius 2 is 2.28 bits per heavy atom. The number of rotatable bonds is 7. The zero-order valence-electron chi connectivity index (χ0n) is 10.6. The van der Waals surface area contributed by atoms with Crippen molar-refractivity contribution in [1.82, 2.24) is 15.3 Å². The predicted molar refractivity (Wildman–Crippen MR) is 67.8 cm³/mol. The van der Waals surface area contributed by atoms with Crippen molar-refractivity contribution < 1.29 is 9.53 Å². The Morgan fingerprint density at radius 3 is 2.94 bits per heavy atom. The fourth-order valence-corrected chi connectivity index (χ4v) is 1.35. The molecule has 0 radical (unpaired) electrons. The fourth-order valence-electron chi connectivity index (χ4n) is 1.35. The van der Waals surface area contributed by atoms with E-state index in [1.165, 1.54) is 13.4 Å². The van der Waals surface area contributed by atoms with Crippen LogP contribution in [0, 0.1) is 0 Å². The van der Waals surface area contributed by atoms with Crippen LogP contribution in [0.5, 0.6) is 5.75 Å². The van der Waals surface area contributed by atoms with Crippen LogP contribution in [0.2, 0.25) is 0 Å². The Kier molecular flexibility index (Phi) is 5.69. The molecule has 0 atom stereocenters. The lowest BCUT2D eigenvalue weighted by Crippen LogP contribution is -2.26. The molecule has 1 aromatic heterocycles. The normalized spacial score (nSPS) is 9.89. The van der Waals surface area contributed by atoms with Crippen LogP contribution in [-0.4, -0.2) is 36.1 Å². The van der Waals surface area contributed by atoms with Crippen molar-refractivity contribution in [1.29, 1.82) is 0 Å². The Morgan fingerprint density at radius 1 is 1.50 bits per heavy atom. The van der Waals surface area contributed by atoms with Crippen molar-refractivity contribution in [3.63, 3.8) is 0 Å². The molecule has 0 fully saturated rings. The number of aromatic nitrogens is 2. The number of aromatic amines is 1. The number of carbonyl (C=O) groups excluding carboxylic acids is 1. The van der Waals surface area contributed by atoms with Gasteiger partial charge in [-0.15, -0.1) is 0 Å². The number of hydrogen-bond acceptors (Lipinski definition) is 5. The molecule has 0 saturated carbocycles. The summed E-state index contributed by atoms with van der Waals surface area (Å²) >= 11 is 0. The van der Waals surface area contributed by atoms with E-state index in [4.69, 9.17) is 4.74 Å². The average Bonchev–Trinajstić information content (AvgIpc) is 2.36. The highest BCUT2D eigenvalue weighted by Crippen LogP contribution is 2.13. The van der Waals surface area contributed by atoms with E-state index in [9.17, 15) is 9.59 Å². The molecule has 100 valence electrons. The lowest BCUT2D eigenvalue weighted by molar-refractivity contribution is -0.120. The number of ether oxygens (including phenoxy) is 1. The SMILES string of the molecule is CCCNC(=O)CCNc1nc[nH]c(=O)c1OC. The van der Waals surface area contributed by atoms with Crippen molar-refractivity contribution in [2.75, 3.05) is 25.5 Å². The molecular weight excluding hydrogens is 236 g/mol. The minimum atomic E-state index is -0.356. The van der Waals surface area contributed by atoms with Gasteiger partial charge in [-0.2, -0.15) is 0 Å². The van der Waals surface area contributed by atoms with E-state index in [2.05, 4.69) is 20.6 Å². The molecular formula is C11H18N4O3. The molecule has 1 rings (SSSR count). The van der Waals surface area contributed by atoms with Crippen LogP contribution in [0.3, 0.4) is 0 Å². The molecule has 0 aliphatic carbocycles. The van der Waals surface area contributed by atoms with Gasteiger partial charge in [0, 0.05) is 19.5 Å². The second-order valence-corrected chi connectivity index (χ2v) is 3.64. The van der Waals surface area contributed by atoms with Crippen molar-refractivity contribution >= 4 is 11.7 Å². The van der Waals surface area contributed by atoms with Gasteiger partial charge in [0.15, 0.2) is 5.82 Å². The van der Waals surface area contributed by atoms with Gasteiger partial charge in [-0.3, -0.25) is 9.59 Å². The van der Waals surface area contributed by atoms with Crippen molar-refractivity contribution in [2.45, 2.75) is 19.8 Å². The molecule has 0 aromatic carbocycles. The summed E-state index contributed by atoms with van der Waals surface area (Å²) in [5, 5.41) is 5.66. The lowest BCUT2D eigenvalue weighted by Gasteiger charge is -2.08. The van der Waals surface area contributed by atoms with Gasteiger partial charge in [0.05, 0.1) is 13.4 Å². The van der Waals surface area contributed by atoms with E-state index in [0.29, 0.717) is 25.3 Å². The number of H-pyrrole nitrogens is 1. The third-order valence-corrected chi connectivity index (χ3v) is 2.23. The maximum absolute atomic E-state index is 11.4. The van der Waals surface area contributed by atoms with Gasteiger partial charge in [0.2, 0.25) is 11.7 Å². The summed E-state index contributed by atoms with van der Waals surface area (Å²) in [4.78, 5) is 29.1. The molecule has 1 heterocycles. The summed E-state index contributed by atoms with van der Waals surface area (Å²) in [6, 6.07) is 0. The van der Waals surface area contributed by atoms with Gasteiger partial charge < -0.3 is 20.4 Å². The zero-order chi connectivity index (χ0) is 13.4. The number of carbonyl (C=O) groups is 1. The summed E-state index contributed by atoms with van der Waals surface area (Å²) in [6.07, 6.45) is 2.50. The molecule has 7 heteroatoms. The number of anilines is 1. The molecule has 1 aromatic rings. The highest BCUT2D eigenvalue weighted by atomic mass is 16.5. The molecule has 7 nitrogen and oxygen atoms in total. The number of nitrogens with one attached hydrogen (secondary N) is 3. The largest absolute Gasteiger partial charge is 0.489 e. The lowest BCUT2D eigenvalue weighted by atomic mass is 10.3. The van der Waals surface area contributed by atoms with E-state index < -0.39 is 0 Å². The first-order valence-electron chi connectivity index (χ1n) is 5.81. The van der Waals surface area contributed by atoms with Crippen molar-refractivity contribution in [3.8, 4) is 5.75 Å².